The summed E-state index contributed by atoms with van der Waals surface area (Å²) in [6.45, 7) is 0.178. The van der Waals surface area contributed by atoms with Crippen LogP contribution < -0.4 is 4.74 Å². The molecule has 4 rings (SSSR count). The van der Waals surface area contributed by atoms with Crippen molar-refractivity contribution >= 4 is 92.0 Å². The van der Waals surface area contributed by atoms with Gasteiger partial charge in [-0.3, -0.25) is 10.1 Å². The van der Waals surface area contributed by atoms with Gasteiger partial charge in [0.05, 0.1) is 22.1 Å². The van der Waals surface area contributed by atoms with Crippen LogP contribution in [-0.2, 0) is 16.1 Å². The highest BCUT2D eigenvalue weighted by atomic mass is 127. The van der Waals surface area contributed by atoms with Crippen LogP contribution in [0, 0.1) is 17.3 Å². The fourth-order valence-corrected chi connectivity index (χ4v) is 5.46. The number of halogens is 4. The minimum Gasteiger partial charge on any atom is -0.487 e. The predicted molar refractivity (Wildman–Crippen MR) is 146 cm³/mol. The van der Waals surface area contributed by atoms with Gasteiger partial charge in [0.1, 0.15) is 12.4 Å². The number of carbonyl (C=O) groups is 1. The molecule has 1 aliphatic heterocycles. The molecule has 0 spiro atoms. The lowest BCUT2D eigenvalue weighted by molar-refractivity contribution is -0.384. The molecular formula is C23H12Cl2I2N2O5. The number of benzene rings is 3. The number of rotatable bonds is 6. The second-order valence-electron chi connectivity index (χ2n) is 6.99. The largest absolute Gasteiger partial charge is 0.487 e. The molecule has 1 heterocycles. The van der Waals surface area contributed by atoms with E-state index in [1.807, 2.05) is 12.1 Å². The van der Waals surface area contributed by atoms with Crippen LogP contribution in [0.4, 0.5) is 5.69 Å². The van der Waals surface area contributed by atoms with Crippen LogP contribution in [0.1, 0.15) is 16.7 Å². The van der Waals surface area contributed by atoms with Gasteiger partial charge in [0.25, 0.3) is 5.69 Å². The molecule has 0 atom stereocenters. The van der Waals surface area contributed by atoms with Gasteiger partial charge in [-0.05, 0) is 92.7 Å². The number of esters is 1. The molecule has 7 nitrogen and oxygen atoms in total. The molecule has 0 saturated heterocycles. The summed E-state index contributed by atoms with van der Waals surface area (Å²) in [5.74, 6) is 0.219. The normalized spacial score (nSPS) is 14.2. The van der Waals surface area contributed by atoms with E-state index < -0.39 is 10.9 Å². The molecule has 0 aromatic heterocycles. The van der Waals surface area contributed by atoms with E-state index in [1.54, 1.807) is 36.4 Å². The molecule has 34 heavy (non-hydrogen) atoms. The summed E-state index contributed by atoms with van der Waals surface area (Å²) in [5.41, 5.74) is 2.13. The van der Waals surface area contributed by atoms with E-state index in [0.29, 0.717) is 26.9 Å². The number of nitro benzene ring substituents is 1. The predicted octanol–water partition coefficient (Wildman–Crippen LogP) is 7.03. The summed E-state index contributed by atoms with van der Waals surface area (Å²) in [6.07, 6.45) is 1.63. The molecule has 0 bridgehead atoms. The van der Waals surface area contributed by atoms with Gasteiger partial charge in [-0.25, -0.2) is 9.79 Å². The van der Waals surface area contributed by atoms with Crippen molar-refractivity contribution in [2.24, 2.45) is 4.99 Å². The maximum absolute atomic E-state index is 12.3. The molecule has 11 heteroatoms. The van der Waals surface area contributed by atoms with Gasteiger partial charge in [-0.15, -0.1) is 0 Å². The lowest BCUT2D eigenvalue weighted by Crippen LogP contribution is -2.05. The average Bonchev–Trinajstić information content (AvgIpc) is 3.15. The molecule has 3 aromatic rings. The molecule has 172 valence electrons. The molecular weight excluding hydrogens is 709 g/mol. The SMILES string of the molecule is O=C1OC(c2ccc(Cl)c(Cl)c2)=N/C1=C\c1cc(I)c(OCc2cccc([N+](=O)[O-])c2)c(I)c1. The number of cyclic esters (lactones) is 1. The summed E-state index contributed by atoms with van der Waals surface area (Å²) < 4.78 is 12.8. The Hall–Kier alpha value is -2.22. The maximum Gasteiger partial charge on any atom is 0.363 e. The standard InChI is InChI=1S/C23H12Cl2I2N2O5/c24-16-5-4-14(10-17(16)25)22-28-20(23(30)34-22)9-13-7-18(26)21(19(27)8-13)33-11-12-2-1-3-15(6-12)29(31)32/h1-10H,11H2/b20-9-. The quantitative estimate of drug-likeness (QED) is 0.0897. The van der Waals surface area contributed by atoms with Gasteiger partial charge in [0.15, 0.2) is 5.70 Å². The Morgan fingerprint density at radius 1 is 1.06 bits per heavy atom. The first-order valence-electron chi connectivity index (χ1n) is 9.54. The van der Waals surface area contributed by atoms with Gasteiger partial charge >= 0.3 is 5.97 Å². The zero-order chi connectivity index (χ0) is 24.4. The first-order valence-corrected chi connectivity index (χ1v) is 12.5. The highest BCUT2D eigenvalue weighted by molar-refractivity contribution is 14.1. The summed E-state index contributed by atoms with van der Waals surface area (Å²) >= 11 is 16.3. The lowest BCUT2D eigenvalue weighted by Gasteiger charge is -2.11. The maximum atomic E-state index is 12.3. The van der Waals surface area contributed by atoms with Crippen molar-refractivity contribution in [1.29, 1.82) is 0 Å². The van der Waals surface area contributed by atoms with E-state index in [4.69, 9.17) is 32.7 Å². The lowest BCUT2D eigenvalue weighted by atomic mass is 10.2. The number of hydrogen-bond acceptors (Lipinski definition) is 6. The van der Waals surface area contributed by atoms with Gasteiger partial charge in [0, 0.05) is 17.7 Å². The number of aliphatic imine (C=N–C) groups is 1. The number of carbonyl (C=O) groups excluding carboxylic acids is 1. The Morgan fingerprint density at radius 3 is 2.47 bits per heavy atom. The molecule has 0 aliphatic carbocycles. The van der Waals surface area contributed by atoms with E-state index in [-0.39, 0.29) is 23.9 Å². The average molecular weight is 721 g/mol. The first-order chi connectivity index (χ1) is 16.2. The fraction of sp³-hybridized carbons (Fsp3) is 0.0435. The summed E-state index contributed by atoms with van der Waals surface area (Å²) in [4.78, 5) is 27.2. The molecule has 3 aromatic carbocycles. The van der Waals surface area contributed by atoms with Crippen molar-refractivity contribution in [3.63, 3.8) is 0 Å². The highest BCUT2D eigenvalue weighted by Crippen LogP contribution is 2.32. The van der Waals surface area contributed by atoms with Crippen molar-refractivity contribution < 1.29 is 19.2 Å². The molecule has 0 unspecified atom stereocenters. The number of hydrogen-bond donors (Lipinski definition) is 0. The number of nitrogens with zero attached hydrogens (tertiary/aromatic N) is 2. The van der Waals surface area contributed by atoms with Crippen molar-refractivity contribution in [2.75, 3.05) is 0 Å². The van der Waals surface area contributed by atoms with E-state index in [1.165, 1.54) is 12.1 Å². The van der Waals surface area contributed by atoms with Gasteiger partial charge < -0.3 is 9.47 Å². The van der Waals surface area contributed by atoms with Crippen LogP contribution in [0.5, 0.6) is 5.75 Å². The van der Waals surface area contributed by atoms with Crippen molar-refractivity contribution in [1.82, 2.24) is 0 Å². The zero-order valence-electron chi connectivity index (χ0n) is 16.9. The number of nitro groups is 1. The van der Waals surface area contributed by atoms with Gasteiger partial charge in [-0.1, -0.05) is 35.3 Å². The molecule has 0 amide bonds. The molecule has 0 N–H and O–H groups in total. The third kappa shape index (κ3) is 5.70. The molecule has 0 radical (unpaired) electrons. The van der Waals surface area contributed by atoms with E-state index >= 15 is 0 Å². The van der Waals surface area contributed by atoms with Crippen LogP contribution in [-0.4, -0.2) is 16.8 Å². The topological polar surface area (TPSA) is 91.0 Å². The Morgan fingerprint density at radius 2 is 1.79 bits per heavy atom. The van der Waals surface area contributed by atoms with Crippen LogP contribution in [0.25, 0.3) is 6.08 Å². The Bertz CT molecular complexity index is 1370. The second kappa shape index (κ2) is 10.6. The van der Waals surface area contributed by atoms with Gasteiger partial charge in [-0.2, -0.15) is 0 Å². The fourth-order valence-electron chi connectivity index (χ4n) is 3.04. The minimum absolute atomic E-state index is 0.0108. The van der Waals surface area contributed by atoms with Crippen molar-refractivity contribution in [3.8, 4) is 5.75 Å². The Balaban J connectivity index is 1.55. The van der Waals surface area contributed by atoms with Crippen LogP contribution in [0.3, 0.4) is 0 Å². The highest BCUT2D eigenvalue weighted by Gasteiger charge is 2.25. The number of non-ortho nitro benzene ring substituents is 1. The zero-order valence-corrected chi connectivity index (χ0v) is 22.8. The summed E-state index contributed by atoms with van der Waals surface area (Å²) in [7, 11) is 0. The van der Waals surface area contributed by atoms with E-state index in [2.05, 4.69) is 50.2 Å². The van der Waals surface area contributed by atoms with E-state index in [9.17, 15) is 14.9 Å². The monoisotopic (exact) mass is 720 g/mol. The van der Waals surface area contributed by atoms with Crippen LogP contribution >= 0.6 is 68.4 Å². The Kier molecular flexibility index (Phi) is 7.75. The summed E-state index contributed by atoms with van der Waals surface area (Å²) in [5, 5.41) is 11.7. The third-order valence-electron chi connectivity index (χ3n) is 4.62. The molecule has 0 saturated carbocycles. The minimum atomic E-state index is -0.572. The van der Waals surface area contributed by atoms with Crippen LogP contribution in [0.2, 0.25) is 10.0 Å². The smallest absolute Gasteiger partial charge is 0.363 e. The molecule has 0 fully saturated rings. The Labute approximate surface area is 231 Å². The van der Waals surface area contributed by atoms with Crippen molar-refractivity contribution in [2.45, 2.75) is 6.61 Å². The number of ether oxygens (including phenoxy) is 2. The first kappa shape index (κ1) is 24.9. The summed E-state index contributed by atoms with van der Waals surface area (Å²) in [6, 6.07) is 14.8. The molecule has 1 aliphatic rings. The van der Waals surface area contributed by atoms with Crippen molar-refractivity contribution in [3.05, 3.63) is 104 Å². The van der Waals surface area contributed by atoms with Crippen LogP contribution in [0.15, 0.2) is 65.3 Å². The third-order valence-corrected chi connectivity index (χ3v) is 6.96. The van der Waals surface area contributed by atoms with Gasteiger partial charge in [0.2, 0.25) is 5.90 Å². The van der Waals surface area contributed by atoms with E-state index in [0.717, 1.165) is 12.7 Å². The second-order valence-corrected chi connectivity index (χ2v) is 10.1.